The van der Waals surface area contributed by atoms with Crippen molar-refractivity contribution in [3.8, 4) is 12.3 Å². The number of terminal acetylenes is 1. The zero-order valence-corrected chi connectivity index (χ0v) is 8.42. The molecule has 0 unspecified atom stereocenters. The smallest absolute Gasteiger partial charge is 0.298 e. The Morgan fingerprint density at radius 2 is 2.31 bits per heavy atom. The van der Waals surface area contributed by atoms with E-state index in [4.69, 9.17) is 6.42 Å². The van der Waals surface area contributed by atoms with E-state index in [1.165, 1.54) is 6.42 Å². The van der Waals surface area contributed by atoms with E-state index < -0.39 is 0 Å². The largest absolute Gasteiger partial charge is 0.329 e. The summed E-state index contributed by atoms with van der Waals surface area (Å²) in [7, 11) is 0. The zero-order valence-electron chi connectivity index (χ0n) is 8.42. The van der Waals surface area contributed by atoms with Crippen molar-refractivity contribution in [3.63, 3.8) is 0 Å². The molecule has 1 aliphatic rings. The van der Waals surface area contributed by atoms with E-state index in [1.807, 2.05) is 4.90 Å². The van der Waals surface area contributed by atoms with Crippen LogP contribution in [-0.4, -0.2) is 23.4 Å². The third-order valence-electron chi connectivity index (χ3n) is 2.94. The van der Waals surface area contributed by atoms with Crippen LogP contribution in [0.1, 0.15) is 33.1 Å². The molecule has 0 aromatic carbocycles. The average Bonchev–Trinajstić information content (AvgIpc) is 2.17. The second kappa shape index (κ2) is 4.32. The minimum atomic E-state index is -0.148. The molecule has 0 bridgehead atoms. The summed E-state index contributed by atoms with van der Waals surface area (Å²) >= 11 is 0. The molecule has 0 radical (unpaired) electrons. The molecule has 2 atom stereocenters. The normalized spacial score (nSPS) is 28.2. The number of piperidine rings is 1. The number of hydrogen-bond donors (Lipinski definition) is 0. The van der Waals surface area contributed by atoms with Crippen molar-refractivity contribution in [1.29, 1.82) is 0 Å². The first kappa shape index (κ1) is 10.1. The summed E-state index contributed by atoms with van der Waals surface area (Å²) in [6.45, 7) is 5.08. The van der Waals surface area contributed by atoms with Gasteiger partial charge in [-0.2, -0.15) is 0 Å². The molecule has 0 N–H and O–H groups in total. The molecule has 2 nitrogen and oxygen atoms in total. The van der Waals surface area contributed by atoms with Crippen molar-refractivity contribution in [1.82, 2.24) is 4.90 Å². The number of carbonyl (C=O) groups is 1. The van der Waals surface area contributed by atoms with Crippen molar-refractivity contribution in [3.05, 3.63) is 0 Å². The molecule has 0 spiro atoms. The van der Waals surface area contributed by atoms with Gasteiger partial charge in [-0.1, -0.05) is 13.3 Å². The number of carbonyl (C=O) groups excluding carboxylic acids is 1. The van der Waals surface area contributed by atoms with Crippen LogP contribution in [0, 0.1) is 18.3 Å². The van der Waals surface area contributed by atoms with Crippen molar-refractivity contribution in [2.24, 2.45) is 5.92 Å². The van der Waals surface area contributed by atoms with Gasteiger partial charge in [-0.3, -0.25) is 4.79 Å². The lowest BCUT2D eigenvalue weighted by molar-refractivity contribution is -0.129. The zero-order chi connectivity index (χ0) is 9.84. The maximum atomic E-state index is 11.3. The fourth-order valence-corrected chi connectivity index (χ4v) is 1.88. The van der Waals surface area contributed by atoms with E-state index in [9.17, 15) is 4.79 Å². The van der Waals surface area contributed by atoms with Gasteiger partial charge < -0.3 is 4.90 Å². The highest BCUT2D eigenvalue weighted by molar-refractivity contribution is 5.93. The lowest BCUT2D eigenvalue weighted by Gasteiger charge is -2.36. The second-order valence-corrected chi connectivity index (χ2v) is 3.80. The minimum Gasteiger partial charge on any atom is -0.329 e. The molecule has 1 rings (SSSR count). The number of rotatable bonds is 1. The molecule has 72 valence electrons. The van der Waals surface area contributed by atoms with Gasteiger partial charge in [0, 0.05) is 12.6 Å². The van der Waals surface area contributed by atoms with E-state index in [2.05, 4.69) is 19.8 Å². The highest BCUT2D eigenvalue weighted by Crippen LogP contribution is 2.23. The molecule has 13 heavy (non-hydrogen) atoms. The summed E-state index contributed by atoms with van der Waals surface area (Å²) in [5.41, 5.74) is 0. The van der Waals surface area contributed by atoms with E-state index in [1.54, 1.807) is 0 Å². The molecular formula is C11H17NO. The van der Waals surface area contributed by atoms with Gasteiger partial charge in [0.2, 0.25) is 0 Å². The summed E-state index contributed by atoms with van der Waals surface area (Å²) < 4.78 is 0. The maximum Gasteiger partial charge on any atom is 0.298 e. The van der Waals surface area contributed by atoms with Gasteiger partial charge >= 0.3 is 0 Å². The van der Waals surface area contributed by atoms with Gasteiger partial charge in [0.25, 0.3) is 5.91 Å². The fourth-order valence-electron chi connectivity index (χ4n) is 1.88. The Morgan fingerprint density at radius 3 is 2.85 bits per heavy atom. The Balaban J connectivity index is 2.61. The van der Waals surface area contributed by atoms with Crippen LogP contribution in [0.3, 0.4) is 0 Å². The van der Waals surface area contributed by atoms with Crippen LogP contribution in [0.4, 0.5) is 0 Å². The SMILES string of the molecule is C#CC(=O)N1C[C@@H](CC)CC[C@H]1C. The predicted molar refractivity (Wildman–Crippen MR) is 53.0 cm³/mol. The first-order valence-electron chi connectivity index (χ1n) is 4.96. The second-order valence-electron chi connectivity index (χ2n) is 3.80. The Bertz CT molecular complexity index is 229. The quantitative estimate of drug-likeness (QED) is 0.560. The topological polar surface area (TPSA) is 20.3 Å². The third kappa shape index (κ3) is 2.24. The predicted octanol–water partition coefficient (Wildman–Crippen LogP) is 1.66. The Labute approximate surface area is 80.3 Å². The van der Waals surface area contributed by atoms with E-state index in [0.717, 1.165) is 19.4 Å². The molecule has 1 heterocycles. The Hall–Kier alpha value is -0.970. The molecule has 1 saturated heterocycles. The highest BCUT2D eigenvalue weighted by Gasteiger charge is 2.26. The number of nitrogens with zero attached hydrogens (tertiary/aromatic N) is 1. The molecule has 1 fully saturated rings. The maximum absolute atomic E-state index is 11.3. The summed E-state index contributed by atoms with van der Waals surface area (Å²) in [6.07, 6.45) is 8.57. The third-order valence-corrected chi connectivity index (χ3v) is 2.94. The molecule has 1 amide bonds. The van der Waals surface area contributed by atoms with Crippen LogP contribution in [0.5, 0.6) is 0 Å². The number of likely N-dealkylation sites (tertiary alicyclic amines) is 1. The molecule has 0 aromatic rings. The van der Waals surface area contributed by atoms with Gasteiger partial charge in [-0.15, -0.1) is 6.42 Å². The number of hydrogen-bond acceptors (Lipinski definition) is 1. The van der Waals surface area contributed by atoms with Gasteiger partial charge in [0.1, 0.15) is 0 Å². The minimum absolute atomic E-state index is 0.148. The molecular weight excluding hydrogens is 162 g/mol. The van der Waals surface area contributed by atoms with Gasteiger partial charge in [0.05, 0.1) is 0 Å². The number of amides is 1. The highest BCUT2D eigenvalue weighted by atomic mass is 16.2. The van der Waals surface area contributed by atoms with Crippen molar-refractivity contribution in [2.45, 2.75) is 39.2 Å². The van der Waals surface area contributed by atoms with Crippen LogP contribution >= 0.6 is 0 Å². The van der Waals surface area contributed by atoms with Crippen LogP contribution in [0.2, 0.25) is 0 Å². The van der Waals surface area contributed by atoms with Crippen molar-refractivity contribution >= 4 is 5.91 Å². The van der Waals surface area contributed by atoms with E-state index in [0.29, 0.717) is 12.0 Å². The molecule has 0 aromatic heterocycles. The fraction of sp³-hybridized carbons (Fsp3) is 0.727. The van der Waals surface area contributed by atoms with Gasteiger partial charge in [0.15, 0.2) is 0 Å². The summed E-state index contributed by atoms with van der Waals surface area (Å²) in [4.78, 5) is 13.2. The van der Waals surface area contributed by atoms with E-state index in [-0.39, 0.29) is 5.91 Å². The first-order chi connectivity index (χ1) is 6.19. The van der Waals surface area contributed by atoms with Crippen LogP contribution in [0.25, 0.3) is 0 Å². The molecule has 0 saturated carbocycles. The molecule has 2 heteroatoms. The van der Waals surface area contributed by atoms with Gasteiger partial charge in [-0.25, -0.2) is 0 Å². The van der Waals surface area contributed by atoms with Gasteiger partial charge in [-0.05, 0) is 31.6 Å². The first-order valence-corrected chi connectivity index (χ1v) is 4.96. The summed E-state index contributed by atoms with van der Waals surface area (Å²) in [5, 5.41) is 0. The Kier molecular flexibility index (Phi) is 3.36. The lowest BCUT2D eigenvalue weighted by Crippen LogP contribution is -2.44. The summed E-state index contributed by atoms with van der Waals surface area (Å²) in [6, 6.07) is 0.325. The Morgan fingerprint density at radius 1 is 1.62 bits per heavy atom. The monoisotopic (exact) mass is 179 g/mol. The molecule has 0 aliphatic carbocycles. The van der Waals surface area contributed by atoms with Crippen molar-refractivity contribution in [2.75, 3.05) is 6.54 Å². The summed E-state index contributed by atoms with van der Waals surface area (Å²) in [5.74, 6) is 2.70. The lowest BCUT2D eigenvalue weighted by atomic mass is 9.91. The standard InChI is InChI=1S/C11H17NO/c1-4-10-7-6-9(3)12(8-10)11(13)5-2/h2,9-10H,4,6-8H2,1,3H3/t9-,10+/m1/s1. The average molecular weight is 179 g/mol. The molecule has 1 aliphatic heterocycles. The van der Waals surface area contributed by atoms with Crippen molar-refractivity contribution < 1.29 is 4.79 Å². The van der Waals surface area contributed by atoms with E-state index >= 15 is 0 Å². The van der Waals surface area contributed by atoms with Crippen LogP contribution in [-0.2, 0) is 4.79 Å². The van der Waals surface area contributed by atoms with Crippen LogP contribution in [0.15, 0.2) is 0 Å². The van der Waals surface area contributed by atoms with Crippen LogP contribution < -0.4 is 0 Å².